The van der Waals surface area contributed by atoms with Crippen molar-refractivity contribution in [2.45, 2.75) is 25.4 Å². The maximum absolute atomic E-state index is 13.0. The van der Waals surface area contributed by atoms with E-state index in [1.165, 1.54) is 4.88 Å². The van der Waals surface area contributed by atoms with Crippen molar-refractivity contribution in [1.82, 2.24) is 19.4 Å². The van der Waals surface area contributed by atoms with Gasteiger partial charge in [0.15, 0.2) is 0 Å². The van der Waals surface area contributed by atoms with Crippen LogP contribution in [0.15, 0.2) is 54.6 Å². The smallest absolute Gasteiger partial charge is 0.254 e. The fourth-order valence-corrected chi connectivity index (χ4v) is 3.28. The number of hydrogen-bond acceptors (Lipinski definition) is 4. The van der Waals surface area contributed by atoms with E-state index >= 15 is 0 Å². The Morgan fingerprint density at radius 2 is 2.26 bits per heavy atom. The third-order valence-corrected chi connectivity index (χ3v) is 4.78. The molecule has 3 aromatic rings. The number of aromatic nitrogens is 3. The Balaban J connectivity index is 1.60. The van der Waals surface area contributed by atoms with Gasteiger partial charge in [-0.2, -0.15) is 0 Å². The van der Waals surface area contributed by atoms with Crippen LogP contribution in [-0.2, 0) is 6.54 Å². The van der Waals surface area contributed by atoms with Crippen LogP contribution in [0.25, 0.3) is 5.82 Å². The number of rotatable bonds is 5. The summed E-state index contributed by atoms with van der Waals surface area (Å²) in [6, 6.07) is 8.09. The third-order valence-electron chi connectivity index (χ3n) is 3.92. The number of hydrogen-bond donors (Lipinski definition) is 0. The molecule has 0 unspecified atom stereocenters. The zero-order valence-electron chi connectivity index (χ0n) is 12.5. The highest BCUT2D eigenvalue weighted by Gasteiger charge is 2.33. The quantitative estimate of drug-likeness (QED) is 0.724. The maximum Gasteiger partial charge on any atom is 0.254 e. The van der Waals surface area contributed by atoms with Crippen LogP contribution in [0.5, 0.6) is 0 Å². The fraction of sp³-hybridized carbons (Fsp3) is 0.235. The molecule has 0 bridgehead atoms. The summed E-state index contributed by atoms with van der Waals surface area (Å²) in [6.45, 7) is 0.684. The monoisotopic (exact) mass is 324 g/mol. The number of nitrogens with zero attached hydrogens (tertiary/aromatic N) is 4. The molecule has 0 saturated heterocycles. The van der Waals surface area contributed by atoms with E-state index in [2.05, 4.69) is 21.4 Å². The Bertz CT molecular complexity index is 794. The first-order valence-electron chi connectivity index (χ1n) is 7.59. The van der Waals surface area contributed by atoms with Crippen LogP contribution in [0.3, 0.4) is 0 Å². The highest BCUT2D eigenvalue weighted by Crippen LogP contribution is 2.30. The van der Waals surface area contributed by atoms with Gasteiger partial charge in [0.25, 0.3) is 5.91 Å². The topological polar surface area (TPSA) is 51.0 Å². The summed E-state index contributed by atoms with van der Waals surface area (Å²) in [7, 11) is 0. The lowest BCUT2D eigenvalue weighted by Gasteiger charge is -2.22. The zero-order valence-corrected chi connectivity index (χ0v) is 13.3. The number of thiophene rings is 1. The van der Waals surface area contributed by atoms with Gasteiger partial charge in [0.05, 0.1) is 6.54 Å². The van der Waals surface area contributed by atoms with E-state index in [9.17, 15) is 4.79 Å². The Labute approximate surface area is 138 Å². The van der Waals surface area contributed by atoms with E-state index in [4.69, 9.17) is 0 Å². The van der Waals surface area contributed by atoms with Crippen molar-refractivity contribution in [2.24, 2.45) is 0 Å². The van der Waals surface area contributed by atoms with Gasteiger partial charge in [0, 0.05) is 35.1 Å². The lowest BCUT2D eigenvalue weighted by molar-refractivity contribution is 0.0731. The standard InChI is InChI=1S/C17H16N4OS/c22-17(21(14-3-4-14)11-15-2-1-9-23-15)13-5-6-19-16(10-13)20-8-7-18-12-20/h1-2,5-10,12,14H,3-4,11H2. The van der Waals surface area contributed by atoms with Crippen LogP contribution >= 0.6 is 11.3 Å². The summed E-state index contributed by atoms with van der Waals surface area (Å²) in [5.74, 6) is 0.782. The average molecular weight is 324 g/mol. The molecule has 3 heterocycles. The molecule has 1 amide bonds. The number of imidazole rings is 1. The molecule has 0 aromatic carbocycles. The predicted molar refractivity (Wildman–Crippen MR) is 88.6 cm³/mol. The Morgan fingerprint density at radius 3 is 2.96 bits per heavy atom. The summed E-state index contributed by atoms with van der Waals surface area (Å²) in [5.41, 5.74) is 0.673. The average Bonchev–Trinajstić information content (AvgIpc) is 3.05. The number of pyridine rings is 1. The normalized spacial score (nSPS) is 13.9. The van der Waals surface area contributed by atoms with Crippen LogP contribution in [0, 0.1) is 0 Å². The molecular weight excluding hydrogens is 308 g/mol. The first-order valence-corrected chi connectivity index (χ1v) is 8.47. The SMILES string of the molecule is O=C(c1ccnc(-n2ccnc2)c1)N(Cc1cccs1)C1CC1. The molecule has 1 aliphatic carbocycles. The Kier molecular flexibility index (Phi) is 3.67. The second kappa shape index (κ2) is 5.96. The second-order valence-corrected chi connectivity index (χ2v) is 6.65. The molecule has 3 aromatic heterocycles. The van der Waals surface area contributed by atoms with Crippen molar-refractivity contribution >= 4 is 17.2 Å². The third kappa shape index (κ3) is 3.03. The number of amides is 1. The van der Waals surface area contributed by atoms with Gasteiger partial charge in [0.1, 0.15) is 12.1 Å². The van der Waals surface area contributed by atoms with Crippen LogP contribution in [0.2, 0.25) is 0 Å². The van der Waals surface area contributed by atoms with Crippen LogP contribution < -0.4 is 0 Å². The van der Waals surface area contributed by atoms with Gasteiger partial charge in [-0.05, 0) is 36.4 Å². The van der Waals surface area contributed by atoms with E-state index in [1.807, 2.05) is 23.2 Å². The van der Waals surface area contributed by atoms with Gasteiger partial charge < -0.3 is 4.90 Å². The molecule has 5 nitrogen and oxygen atoms in total. The largest absolute Gasteiger partial charge is 0.331 e. The molecule has 0 atom stereocenters. The maximum atomic E-state index is 13.0. The summed E-state index contributed by atoms with van der Waals surface area (Å²) in [5, 5.41) is 2.05. The van der Waals surface area contributed by atoms with Crippen molar-refractivity contribution < 1.29 is 4.79 Å². The van der Waals surface area contributed by atoms with Crippen molar-refractivity contribution in [1.29, 1.82) is 0 Å². The van der Waals surface area contributed by atoms with Crippen molar-refractivity contribution in [2.75, 3.05) is 0 Å². The van der Waals surface area contributed by atoms with Gasteiger partial charge in [-0.15, -0.1) is 11.3 Å². The molecule has 1 fully saturated rings. The highest BCUT2D eigenvalue weighted by atomic mass is 32.1. The van der Waals surface area contributed by atoms with Crippen LogP contribution in [-0.4, -0.2) is 31.4 Å². The molecule has 0 radical (unpaired) electrons. The molecule has 1 aliphatic rings. The summed E-state index contributed by atoms with van der Waals surface area (Å²) in [4.78, 5) is 24.5. The summed E-state index contributed by atoms with van der Waals surface area (Å²) < 4.78 is 1.80. The molecule has 0 aliphatic heterocycles. The van der Waals surface area contributed by atoms with Crippen molar-refractivity contribution in [3.63, 3.8) is 0 Å². The zero-order chi connectivity index (χ0) is 15.6. The van der Waals surface area contributed by atoms with Gasteiger partial charge in [0.2, 0.25) is 0 Å². The minimum Gasteiger partial charge on any atom is -0.331 e. The minimum atomic E-state index is 0.0738. The molecule has 23 heavy (non-hydrogen) atoms. The summed E-state index contributed by atoms with van der Waals surface area (Å²) in [6.07, 6.45) is 9.07. The first kappa shape index (κ1) is 14.1. The molecule has 6 heteroatoms. The van der Waals surface area contributed by atoms with E-state index in [-0.39, 0.29) is 5.91 Å². The minimum absolute atomic E-state index is 0.0738. The Hall–Kier alpha value is -2.47. The fourth-order valence-electron chi connectivity index (χ4n) is 2.58. The number of carbonyl (C=O) groups excluding carboxylic acids is 1. The van der Waals surface area contributed by atoms with E-state index in [0.717, 1.165) is 12.8 Å². The second-order valence-electron chi connectivity index (χ2n) is 5.62. The molecule has 1 saturated carbocycles. The summed E-state index contributed by atoms with van der Waals surface area (Å²) >= 11 is 1.69. The van der Waals surface area contributed by atoms with E-state index in [0.29, 0.717) is 24.0 Å². The van der Waals surface area contributed by atoms with Gasteiger partial charge in [-0.3, -0.25) is 9.36 Å². The number of carbonyl (C=O) groups is 1. The van der Waals surface area contributed by atoms with Crippen LogP contribution in [0.4, 0.5) is 0 Å². The van der Waals surface area contributed by atoms with Gasteiger partial charge in [-0.25, -0.2) is 9.97 Å². The molecule has 116 valence electrons. The Morgan fingerprint density at radius 1 is 1.35 bits per heavy atom. The lowest BCUT2D eigenvalue weighted by Crippen LogP contribution is -2.32. The lowest BCUT2D eigenvalue weighted by atomic mass is 10.2. The predicted octanol–water partition coefficient (Wildman–Crippen LogP) is 3.13. The van der Waals surface area contributed by atoms with Crippen molar-refractivity contribution in [3.05, 3.63) is 65.0 Å². The van der Waals surface area contributed by atoms with Gasteiger partial charge >= 0.3 is 0 Å². The van der Waals surface area contributed by atoms with Gasteiger partial charge in [-0.1, -0.05) is 6.07 Å². The van der Waals surface area contributed by atoms with Crippen LogP contribution in [0.1, 0.15) is 28.1 Å². The molecule has 0 N–H and O–H groups in total. The van der Waals surface area contributed by atoms with E-state index in [1.54, 1.807) is 40.7 Å². The van der Waals surface area contributed by atoms with E-state index < -0.39 is 0 Å². The molecule has 4 rings (SSSR count). The molecular formula is C17H16N4OS. The van der Waals surface area contributed by atoms with Crippen molar-refractivity contribution in [3.8, 4) is 5.82 Å². The first-order chi connectivity index (χ1) is 11.3. The highest BCUT2D eigenvalue weighted by molar-refractivity contribution is 7.09. The molecule has 0 spiro atoms.